The third kappa shape index (κ3) is 3.44. The van der Waals surface area contributed by atoms with Crippen molar-refractivity contribution in [2.75, 3.05) is 18.5 Å². The molecule has 3 aliphatic rings. The number of fused-ring (bicyclic) bond motifs is 3. The first-order valence-electron chi connectivity index (χ1n) is 11.5. The monoisotopic (exact) mass is 495 g/mol. The number of carbonyl (C=O) groups is 1. The summed E-state index contributed by atoms with van der Waals surface area (Å²) in [5.74, 6) is 0.430. The molecule has 0 spiro atoms. The van der Waals surface area contributed by atoms with Gasteiger partial charge in [0.2, 0.25) is 5.82 Å². The molecule has 1 amide bonds. The maximum Gasteiger partial charge on any atom is 0.294 e. The fourth-order valence-electron chi connectivity index (χ4n) is 5.70. The molecule has 12 nitrogen and oxygen atoms in total. The van der Waals surface area contributed by atoms with E-state index in [0.29, 0.717) is 36.6 Å². The number of nitrogens with one attached hydrogen (secondary N) is 1. The number of hydrogen-bond donors (Lipinski definition) is 2. The normalized spacial score (nSPS) is 23.9. The smallest absolute Gasteiger partial charge is 0.294 e. The minimum Gasteiger partial charge on any atom is -0.382 e. The Kier molecular flexibility index (Phi) is 4.82. The highest BCUT2D eigenvalue weighted by Crippen LogP contribution is 2.45. The molecule has 3 aromatic heterocycles. The van der Waals surface area contributed by atoms with E-state index < -0.39 is 9.84 Å². The van der Waals surface area contributed by atoms with Gasteiger partial charge >= 0.3 is 0 Å². The number of H-pyrrole nitrogens is 1. The van der Waals surface area contributed by atoms with E-state index in [1.165, 1.54) is 4.52 Å². The number of piperidine rings is 1. The van der Waals surface area contributed by atoms with Crippen molar-refractivity contribution in [2.45, 2.75) is 55.5 Å². The van der Waals surface area contributed by atoms with Crippen molar-refractivity contribution in [3.63, 3.8) is 0 Å². The average molecular weight is 496 g/mol. The summed E-state index contributed by atoms with van der Waals surface area (Å²) in [7, 11) is -3.69. The fourth-order valence-corrected chi connectivity index (χ4v) is 6.76. The van der Waals surface area contributed by atoms with Crippen molar-refractivity contribution < 1.29 is 13.2 Å². The van der Waals surface area contributed by atoms with Crippen LogP contribution < -0.4 is 5.73 Å². The van der Waals surface area contributed by atoms with E-state index >= 15 is 0 Å². The van der Waals surface area contributed by atoms with Crippen LogP contribution >= 0.6 is 0 Å². The molecular weight excluding hydrogens is 470 g/mol. The number of rotatable bonds is 4. The lowest BCUT2D eigenvalue weighted by molar-refractivity contribution is 0.0556. The first-order valence-corrected chi connectivity index (χ1v) is 13.4. The molecule has 0 saturated carbocycles. The van der Waals surface area contributed by atoms with Gasteiger partial charge in [0.1, 0.15) is 16.5 Å². The molecule has 3 aliphatic heterocycles. The number of carbonyl (C=O) groups excluding carboxylic acids is 1. The summed E-state index contributed by atoms with van der Waals surface area (Å²) in [5, 5.41) is 11.1. The summed E-state index contributed by atoms with van der Waals surface area (Å²) < 4.78 is 27.2. The number of hydrogen-bond acceptors (Lipinski definition) is 9. The van der Waals surface area contributed by atoms with Gasteiger partial charge in [-0.15, -0.1) is 5.10 Å². The van der Waals surface area contributed by atoms with E-state index in [4.69, 9.17) is 10.7 Å². The molecule has 3 atom stereocenters. The van der Waals surface area contributed by atoms with E-state index in [-0.39, 0.29) is 40.4 Å². The molecule has 1 unspecified atom stereocenters. The number of anilines is 1. The molecule has 13 heteroatoms. The number of aryl methyl sites for hydroxylation is 1. The molecule has 182 valence electrons. The van der Waals surface area contributed by atoms with Gasteiger partial charge in [-0.3, -0.25) is 14.9 Å². The van der Waals surface area contributed by atoms with Crippen LogP contribution in [0.4, 0.5) is 5.82 Å². The number of allylic oxidation sites excluding steroid dienone is 1. The molecule has 3 aromatic rings. The number of aliphatic imine (C=N–C) groups is 1. The minimum atomic E-state index is -3.69. The predicted octanol–water partition coefficient (Wildman–Crippen LogP) is 1.16. The molecule has 6 rings (SSSR count). The Labute approximate surface area is 201 Å². The van der Waals surface area contributed by atoms with Crippen LogP contribution in [0.15, 0.2) is 22.2 Å². The molecule has 2 saturated heterocycles. The van der Waals surface area contributed by atoms with Crippen LogP contribution in [0.25, 0.3) is 11.2 Å². The van der Waals surface area contributed by atoms with Gasteiger partial charge in [0, 0.05) is 41.6 Å². The van der Waals surface area contributed by atoms with Gasteiger partial charge in [0.25, 0.3) is 5.91 Å². The van der Waals surface area contributed by atoms with Crippen molar-refractivity contribution in [2.24, 2.45) is 4.99 Å². The zero-order chi connectivity index (χ0) is 24.5. The van der Waals surface area contributed by atoms with Crippen molar-refractivity contribution >= 4 is 39.0 Å². The zero-order valence-corrected chi connectivity index (χ0v) is 20.2. The molecule has 35 heavy (non-hydrogen) atoms. The maximum absolute atomic E-state index is 13.1. The van der Waals surface area contributed by atoms with Gasteiger partial charge in [-0.1, -0.05) is 6.08 Å². The number of nitrogen functional groups attached to an aromatic ring is 1. The third-order valence-electron chi connectivity index (χ3n) is 7.14. The predicted molar refractivity (Wildman–Crippen MR) is 128 cm³/mol. The lowest BCUT2D eigenvalue weighted by Crippen LogP contribution is -2.46. The van der Waals surface area contributed by atoms with E-state index in [0.717, 1.165) is 30.2 Å². The molecule has 0 radical (unpaired) electrons. The van der Waals surface area contributed by atoms with Crippen LogP contribution in [0, 0.1) is 6.92 Å². The highest BCUT2D eigenvalue weighted by Gasteiger charge is 2.46. The number of sulfone groups is 1. The van der Waals surface area contributed by atoms with Crippen LogP contribution in [0.3, 0.4) is 0 Å². The van der Waals surface area contributed by atoms with Crippen LogP contribution in [-0.2, 0) is 9.84 Å². The SMILES string of the molecule is Cc1nc(C(=O)N2[C@@H]3CC[C@H]2CC(c2nc4c(C5=CCN=C5)cnn4c(N)c2S(C)(=O)=O)C3)n[nH]1. The van der Waals surface area contributed by atoms with Gasteiger partial charge in [0.15, 0.2) is 15.5 Å². The van der Waals surface area contributed by atoms with Crippen molar-refractivity contribution in [3.8, 4) is 0 Å². The lowest BCUT2D eigenvalue weighted by Gasteiger charge is -2.38. The second-order valence-electron chi connectivity index (χ2n) is 9.44. The number of nitrogens with two attached hydrogens (primary N) is 1. The van der Waals surface area contributed by atoms with Gasteiger partial charge in [-0.25, -0.2) is 18.4 Å². The summed E-state index contributed by atoms with van der Waals surface area (Å²) in [6, 6.07) is -0.100. The lowest BCUT2D eigenvalue weighted by atomic mass is 9.87. The van der Waals surface area contributed by atoms with Gasteiger partial charge in [0.05, 0.1) is 18.4 Å². The Morgan fingerprint density at radius 1 is 1.20 bits per heavy atom. The summed E-state index contributed by atoms with van der Waals surface area (Å²) in [6.07, 6.45) is 9.36. The van der Waals surface area contributed by atoms with Crippen LogP contribution in [0.1, 0.15) is 59.3 Å². The molecule has 0 aliphatic carbocycles. The van der Waals surface area contributed by atoms with Gasteiger partial charge < -0.3 is 10.6 Å². The number of amides is 1. The Hall–Kier alpha value is -3.61. The summed E-state index contributed by atoms with van der Waals surface area (Å²) >= 11 is 0. The van der Waals surface area contributed by atoms with E-state index in [2.05, 4.69) is 25.3 Å². The molecular formula is C22H25N9O3S. The van der Waals surface area contributed by atoms with Crippen LogP contribution in [0.5, 0.6) is 0 Å². The van der Waals surface area contributed by atoms with Crippen LogP contribution in [0.2, 0.25) is 0 Å². The number of nitrogens with zero attached hydrogens (tertiary/aromatic N) is 7. The highest BCUT2D eigenvalue weighted by atomic mass is 32.2. The van der Waals surface area contributed by atoms with Crippen molar-refractivity contribution in [1.82, 2.24) is 34.7 Å². The van der Waals surface area contributed by atoms with E-state index in [1.807, 2.05) is 11.0 Å². The standard InChI is InChI=1S/C22H25N9O3S/c1-11-26-20(29-28-11)22(32)30-14-3-4-15(30)8-13(7-14)17-18(35(2,33)34)19(23)31-21(27-17)16(10-25-31)12-5-6-24-9-12/h5,9-10,13-15H,3-4,6-8,23H2,1-2H3,(H,26,28,29)/t13?,14-,15+. The van der Waals surface area contributed by atoms with Gasteiger partial charge in [-0.2, -0.15) is 9.61 Å². The average Bonchev–Trinajstić information content (AvgIpc) is 3.58. The molecule has 0 aromatic carbocycles. The summed E-state index contributed by atoms with van der Waals surface area (Å²) in [5.41, 5.74) is 9.01. The van der Waals surface area contributed by atoms with Gasteiger partial charge in [-0.05, 0) is 32.6 Å². The Morgan fingerprint density at radius 2 is 1.94 bits per heavy atom. The second-order valence-corrected chi connectivity index (χ2v) is 11.4. The van der Waals surface area contributed by atoms with Crippen molar-refractivity contribution in [3.05, 3.63) is 35.2 Å². The number of aromatic nitrogens is 6. The first-order chi connectivity index (χ1) is 16.7. The molecule has 6 heterocycles. The second kappa shape index (κ2) is 7.70. The zero-order valence-electron chi connectivity index (χ0n) is 19.3. The molecule has 2 fully saturated rings. The topological polar surface area (TPSA) is 165 Å². The van der Waals surface area contributed by atoms with E-state index in [9.17, 15) is 13.2 Å². The molecule has 2 bridgehead atoms. The number of aromatic amines is 1. The fraction of sp³-hybridized carbons (Fsp3) is 0.455. The van der Waals surface area contributed by atoms with E-state index in [1.54, 1.807) is 19.3 Å². The van der Waals surface area contributed by atoms with Crippen molar-refractivity contribution in [1.29, 1.82) is 0 Å². The first kappa shape index (κ1) is 21.9. The van der Waals surface area contributed by atoms with Crippen LogP contribution in [-0.4, -0.2) is 80.1 Å². The summed E-state index contributed by atoms with van der Waals surface area (Å²) in [4.78, 5) is 28.3. The Balaban J connectivity index is 1.42. The molecule has 3 N–H and O–H groups in total. The largest absolute Gasteiger partial charge is 0.382 e. The minimum absolute atomic E-state index is 0.0162. The highest BCUT2D eigenvalue weighted by molar-refractivity contribution is 7.91. The third-order valence-corrected chi connectivity index (χ3v) is 8.30. The summed E-state index contributed by atoms with van der Waals surface area (Å²) in [6.45, 7) is 2.33. The quantitative estimate of drug-likeness (QED) is 0.544. The Bertz CT molecular complexity index is 1520. The maximum atomic E-state index is 13.1. The Morgan fingerprint density at radius 3 is 2.54 bits per heavy atom.